The molecule has 1 heterocycles. The average molecular weight is 503 g/mol. The molecule has 4 rings (SSSR count). The first kappa shape index (κ1) is 25.8. The first-order valence-corrected chi connectivity index (χ1v) is 12.3. The van der Waals surface area contributed by atoms with Gasteiger partial charge < -0.3 is 19.5 Å². The molecule has 2 amide bonds. The molecule has 37 heavy (non-hydrogen) atoms. The van der Waals surface area contributed by atoms with Gasteiger partial charge >= 0.3 is 18.2 Å². The quantitative estimate of drug-likeness (QED) is 0.228. The Balaban J connectivity index is 1.29. The summed E-state index contributed by atoms with van der Waals surface area (Å²) in [6.45, 7) is 0.672. The van der Waals surface area contributed by atoms with E-state index in [0.29, 0.717) is 31.4 Å². The Bertz CT molecular complexity index is 1160. The smallest absolute Gasteiger partial charge is 0.414 e. The van der Waals surface area contributed by atoms with Gasteiger partial charge in [0.1, 0.15) is 19.3 Å². The molecule has 1 N–H and O–H groups in total. The number of nitrogens with zero attached hydrogens (tertiary/aromatic N) is 1. The fourth-order valence-electron chi connectivity index (χ4n) is 4.07. The number of unbranched alkanes of at least 4 members (excludes halogenated alkanes) is 1. The zero-order chi connectivity index (χ0) is 25.9. The van der Waals surface area contributed by atoms with Crippen LogP contribution in [-0.4, -0.2) is 35.6 Å². The maximum atomic E-state index is 13.1. The van der Waals surface area contributed by atoms with E-state index in [1.807, 2.05) is 91.0 Å². The van der Waals surface area contributed by atoms with E-state index in [9.17, 15) is 14.4 Å². The number of rotatable bonds is 10. The minimum absolute atomic E-state index is 0.0909. The third kappa shape index (κ3) is 7.33. The Morgan fingerprint density at radius 3 is 1.97 bits per heavy atom. The zero-order valence-electron chi connectivity index (χ0n) is 20.5. The van der Waals surface area contributed by atoms with Crippen molar-refractivity contribution < 1.29 is 28.6 Å². The van der Waals surface area contributed by atoms with Crippen molar-refractivity contribution in [2.75, 3.05) is 6.54 Å². The van der Waals surface area contributed by atoms with E-state index in [1.165, 1.54) is 4.90 Å². The van der Waals surface area contributed by atoms with E-state index in [0.717, 1.165) is 11.1 Å². The molecule has 0 saturated carbocycles. The van der Waals surface area contributed by atoms with Gasteiger partial charge in [-0.1, -0.05) is 91.0 Å². The van der Waals surface area contributed by atoms with Gasteiger partial charge in [0.25, 0.3) is 0 Å². The Morgan fingerprint density at radius 2 is 1.35 bits per heavy atom. The number of ether oxygens (including phenoxy) is 3. The van der Waals surface area contributed by atoms with Crippen LogP contribution in [0.3, 0.4) is 0 Å². The van der Waals surface area contributed by atoms with E-state index < -0.39 is 30.4 Å². The molecule has 0 aliphatic carbocycles. The largest absolute Gasteiger partial charge is 0.445 e. The van der Waals surface area contributed by atoms with Gasteiger partial charge in [-0.05, 0) is 30.4 Å². The van der Waals surface area contributed by atoms with Crippen LogP contribution in [0.5, 0.6) is 0 Å². The molecule has 0 unspecified atom stereocenters. The van der Waals surface area contributed by atoms with Crippen LogP contribution >= 0.6 is 0 Å². The summed E-state index contributed by atoms with van der Waals surface area (Å²) in [4.78, 5) is 39.2. The summed E-state index contributed by atoms with van der Waals surface area (Å²) in [7, 11) is 0. The van der Waals surface area contributed by atoms with Crippen molar-refractivity contribution in [3.63, 3.8) is 0 Å². The van der Waals surface area contributed by atoms with Crippen LogP contribution in [0.15, 0.2) is 91.0 Å². The summed E-state index contributed by atoms with van der Waals surface area (Å²) in [6.07, 6.45) is -0.400. The minimum atomic E-state index is -0.854. The van der Waals surface area contributed by atoms with Crippen LogP contribution < -0.4 is 5.32 Å². The number of esters is 1. The van der Waals surface area contributed by atoms with Crippen LogP contribution in [0.2, 0.25) is 0 Å². The van der Waals surface area contributed by atoms with Crippen LogP contribution in [0.1, 0.15) is 42.2 Å². The molecule has 3 aromatic rings. The fraction of sp³-hybridized carbons (Fsp3) is 0.276. The number of hydrogen-bond acceptors (Lipinski definition) is 6. The van der Waals surface area contributed by atoms with Gasteiger partial charge in [0, 0.05) is 12.1 Å². The molecule has 1 saturated heterocycles. The summed E-state index contributed by atoms with van der Waals surface area (Å²) < 4.78 is 16.4. The molecule has 192 valence electrons. The van der Waals surface area contributed by atoms with Crippen molar-refractivity contribution in [3.8, 4) is 0 Å². The first-order chi connectivity index (χ1) is 18.1. The van der Waals surface area contributed by atoms with Crippen LogP contribution in [-0.2, 0) is 32.2 Å². The predicted molar refractivity (Wildman–Crippen MR) is 136 cm³/mol. The van der Waals surface area contributed by atoms with Gasteiger partial charge in [-0.2, -0.15) is 0 Å². The lowest BCUT2D eigenvalue weighted by molar-refractivity contribution is -0.143. The second-order valence-corrected chi connectivity index (χ2v) is 8.65. The minimum Gasteiger partial charge on any atom is -0.445 e. The molecule has 1 fully saturated rings. The highest BCUT2D eigenvalue weighted by atomic mass is 16.6. The molecule has 0 spiro atoms. The number of alkyl carbamates (subject to hydrolysis) is 1. The number of carbonyl (C=O) groups excluding carboxylic acids is 3. The molecule has 0 radical (unpaired) electrons. The van der Waals surface area contributed by atoms with Crippen LogP contribution in [0, 0.1) is 0 Å². The average Bonchev–Trinajstić information content (AvgIpc) is 3.28. The molecular formula is C29H30N2O6. The highest BCUT2D eigenvalue weighted by Gasteiger charge is 2.46. The SMILES string of the molecule is O=C(NCCCC[C@@H]1C(=O)O[C@H](c2ccccc2)N1C(=O)OCc1ccccc1)OCc1ccccc1. The maximum absolute atomic E-state index is 13.1. The van der Waals surface area contributed by atoms with Gasteiger partial charge in [-0.15, -0.1) is 0 Å². The van der Waals surface area contributed by atoms with E-state index in [4.69, 9.17) is 14.2 Å². The highest BCUT2D eigenvalue weighted by Crippen LogP contribution is 2.34. The second-order valence-electron chi connectivity index (χ2n) is 8.65. The van der Waals surface area contributed by atoms with Crippen molar-refractivity contribution in [2.45, 2.75) is 44.7 Å². The number of hydrogen-bond donors (Lipinski definition) is 1. The Kier molecular flexibility index (Phi) is 9.12. The molecular weight excluding hydrogens is 472 g/mol. The molecule has 2 atom stereocenters. The van der Waals surface area contributed by atoms with Gasteiger partial charge in [0.2, 0.25) is 6.23 Å². The standard InChI is InChI=1S/C29H30N2O6/c32-27-25(18-10-11-19-30-28(33)35-20-22-12-4-1-5-13-22)31(26(37-27)24-16-8-3-9-17-24)29(34)36-21-23-14-6-2-7-15-23/h1-9,12-17,25-26H,10-11,18-21H2,(H,30,33)/t25-,26-/m1/s1. The van der Waals surface area contributed by atoms with Gasteiger partial charge in [-0.3, -0.25) is 4.90 Å². The summed E-state index contributed by atoms with van der Waals surface area (Å²) in [6, 6.07) is 27.1. The Morgan fingerprint density at radius 1 is 0.784 bits per heavy atom. The molecule has 1 aliphatic heterocycles. The monoisotopic (exact) mass is 502 g/mol. The number of carbonyl (C=O) groups is 3. The lowest BCUT2D eigenvalue weighted by Crippen LogP contribution is -2.40. The Hall–Kier alpha value is -4.33. The summed E-state index contributed by atoms with van der Waals surface area (Å²) in [5.41, 5.74) is 2.45. The fourth-order valence-corrected chi connectivity index (χ4v) is 4.07. The van der Waals surface area contributed by atoms with E-state index in [1.54, 1.807) is 0 Å². The molecule has 0 bridgehead atoms. The van der Waals surface area contributed by atoms with Crippen molar-refractivity contribution >= 4 is 18.2 Å². The first-order valence-electron chi connectivity index (χ1n) is 12.3. The molecule has 0 aromatic heterocycles. The molecule has 8 heteroatoms. The summed E-state index contributed by atoms with van der Waals surface area (Å²) in [5, 5.41) is 2.71. The number of amides is 2. The van der Waals surface area contributed by atoms with E-state index in [-0.39, 0.29) is 13.2 Å². The van der Waals surface area contributed by atoms with Crippen molar-refractivity contribution in [2.24, 2.45) is 0 Å². The zero-order valence-corrected chi connectivity index (χ0v) is 20.5. The lowest BCUT2D eigenvalue weighted by atomic mass is 10.1. The number of nitrogens with one attached hydrogen (secondary N) is 1. The van der Waals surface area contributed by atoms with Gasteiger partial charge in [0.05, 0.1) is 0 Å². The van der Waals surface area contributed by atoms with E-state index in [2.05, 4.69) is 5.32 Å². The Labute approximate surface area is 216 Å². The highest BCUT2D eigenvalue weighted by molar-refractivity contribution is 5.84. The topological polar surface area (TPSA) is 94.2 Å². The molecule has 8 nitrogen and oxygen atoms in total. The van der Waals surface area contributed by atoms with Crippen molar-refractivity contribution in [1.82, 2.24) is 10.2 Å². The van der Waals surface area contributed by atoms with Crippen LogP contribution in [0.4, 0.5) is 9.59 Å². The third-order valence-electron chi connectivity index (χ3n) is 5.98. The van der Waals surface area contributed by atoms with Crippen molar-refractivity contribution in [1.29, 1.82) is 0 Å². The summed E-state index contributed by atoms with van der Waals surface area (Å²) in [5.74, 6) is -0.472. The number of cyclic esters (lactones) is 1. The normalized spacial score (nSPS) is 16.6. The second kappa shape index (κ2) is 13.1. The molecule has 3 aromatic carbocycles. The maximum Gasteiger partial charge on any atom is 0.414 e. The number of benzene rings is 3. The van der Waals surface area contributed by atoms with Gasteiger partial charge in [-0.25, -0.2) is 14.4 Å². The van der Waals surface area contributed by atoms with Gasteiger partial charge in [0.15, 0.2) is 0 Å². The molecule has 1 aliphatic rings. The lowest BCUT2D eigenvalue weighted by Gasteiger charge is -2.25. The third-order valence-corrected chi connectivity index (χ3v) is 5.98. The summed E-state index contributed by atoms with van der Waals surface area (Å²) >= 11 is 0. The van der Waals surface area contributed by atoms with Crippen molar-refractivity contribution in [3.05, 3.63) is 108 Å². The predicted octanol–water partition coefficient (Wildman–Crippen LogP) is 5.35. The van der Waals surface area contributed by atoms with E-state index >= 15 is 0 Å². The van der Waals surface area contributed by atoms with Crippen LogP contribution in [0.25, 0.3) is 0 Å².